The van der Waals surface area contributed by atoms with Crippen LogP contribution in [0.1, 0.15) is 62.2 Å². The van der Waals surface area contributed by atoms with Gasteiger partial charge in [-0.25, -0.2) is 8.42 Å². The highest BCUT2D eigenvalue weighted by Gasteiger charge is 2.30. The van der Waals surface area contributed by atoms with Gasteiger partial charge in [-0.3, -0.25) is 4.79 Å². The van der Waals surface area contributed by atoms with Gasteiger partial charge in [0.25, 0.3) is 5.91 Å². The van der Waals surface area contributed by atoms with Crippen molar-refractivity contribution in [1.29, 1.82) is 0 Å². The van der Waals surface area contributed by atoms with Gasteiger partial charge in [0.1, 0.15) is 0 Å². The van der Waals surface area contributed by atoms with Crippen LogP contribution < -0.4 is 0 Å². The van der Waals surface area contributed by atoms with Gasteiger partial charge in [-0.15, -0.1) is 0 Å². The maximum atomic E-state index is 13.0. The fourth-order valence-electron chi connectivity index (χ4n) is 3.99. The second kappa shape index (κ2) is 8.09. The number of likely N-dealkylation sites (tertiary alicyclic amines) is 1. The monoisotopic (exact) mass is 378 g/mol. The normalized spacial score (nSPS) is 20.5. The van der Waals surface area contributed by atoms with Crippen LogP contribution in [0.5, 0.6) is 0 Å². The molecule has 1 saturated carbocycles. The van der Waals surface area contributed by atoms with E-state index in [2.05, 4.69) is 6.92 Å². The summed E-state index contributed by atoms with van der Waals surface area (Å²) in [6, 6.07) is 6.62. The Balaban J connectivity index is 1.78. The van der Waals surface area contributed by atoms with Gasteiger partial charge in [0.15, 0.2) is 0 Å². The van der Waals surface area contributed by atoms with E-state index in [1.54, 1.807) is 31.3 Å². The van der Waals surface area contributed by atoms with Crippen molar-refractivity contribution in [3.63, 3.8) is 0 Å². The van der Waals surface area contributed by atoms with Crippen molar-refractivity contribution in [3.05, 3.63) is 29.8 Å². The fourth-order valence-corrected chi connectivity index (χ4v) is 5.45. The molecule has 0 N–H and O–H groups in total. The molecular weight excluding hydrogens is 348 g/mol. The minimum atomic E-state index is -3.57. The van der Waals surface area contributed by atoms with Gasteiger partial charge in [-0.1, -0.05) is 32.3 Å². The van der Waals surface area contributed by atoms with Gasteiger partial charge >= 0.3 is 0 Å². The van der Waals surface area contributed by atoms with Crippen molar-refractivity contribution < 1.29 is 13.2 Å². The van der Waals surface area contributed by atoms with Crippen LogP contribution in [0.2, 0.25) is 0 Å². The Morgan fingerprint density at radius 3 is 2.38 bits per heavy atom. The molecule has 1 aromatic carbocycles. The number of carbonyl (C=O) groups excluding carboxylic acids is 1. The van der Waals surface area contributed by atoms with Gasteiger partial charge in [0.05, 0.1) is 4.90 Å². The predicted octanol–water partition coefficient (Wildman–Crippen LogP) is 3.51. The highest BCUT2D eigenvalue weighted by Crippen LogP contribution is 2.27. The standard InChI is InChI=1S/C20H30N2O3S/c1-16-11-13-22(14-12-16)20(23)17-7-6-10-19(15-17)26(24,25)21(2)18-8-4-3-5-9-18/h6-7,10,15-16,18H,3-5,8-9,11-14H2,1-2H3. The molecule has 0 spiro atoms. The van der Waals surface area contributed by atoms with Crippen LogP contribution in [0.15, 0.2) is 29.2 Å². The third kappa shape index (κ3) is 4.12. The van der Waals surface area contributed by atoms with Crippen LogP contribution in [0.3, 0.4) is 0 Å². The Bertz CT molecular complexity index is 733. The van der Waals surface area contributed by atoms with E-state index in [0.29, 0.717) is 11.5 Å². The molecule has 0 atom stereocenters. The molecular formula is C20H30N2O3S. The molecule has 1 aliphatic heterocycles. The molecule has 1 heterocycles. The summed E-state index contributed by atoms with van der Waals surface area (Å²) < 4.78 is 27.6. The lowest BCUT2D eigenvalue weighted by Crippen LogP contribution is -2.39. The third-order valence-corrected chi connectivity index (χ3v) is 7.82. The molecule has 0 radical (unpaired) electrons. The number of hydrogen-bond donors (Lipinski definition) is 0. The Hall–Kier alpha value is -1.40. The number of benzene rings is 1. The number of carbonyl (C=O) groups is 1. The molecule has 1 aromatic rings. The van der Waals surface area contributed by atoms with Crippen LogP contribution in [0.4, 0.5) is 0 Å². The molecule has 6 heteroatoms. The van der Waals surface area contributed by atoms with Gasteiger partial charge in [0.2, 0.25) is 10.0 Å². The van der Waals surface area contributed by atoms with Gasteiger partial charge in [-0.05, 0) is 49.8 Å². The molecule has 1 amide bonds. The molecule has 2 fully saturated rings. The zero-order valence-electron chi connectivity index (χ0n) is 15.9. The summed E-state index contributed by atoms with van der Waals surface area (Å²) in [4.78, 5) is 14.8. The molecule has 3 rings (SSSR count). The maximum Gasteiger partial charge on any atom is 0.253 e. The van der Waals surface area contributed by atoms with Crippen molar-refractivity contribution in [1.82, 2.24) is 9.21 Å². The van der Waals surface area contributed by atoms with E-state index in [1.807, 2.05) is 4.90 Å². The summed E-state index contributed by atoms with van der Waals surface area (Å²) in [7, 11) is -1.90. The molecule has 1 saturated heterocycles. The smallest absolute Gasteiger partial charge is 0.253 e. The topological polar surface area (TPSA) is 57.7 Å². The first-order valence-electron chi connectivity index (χ1n) is 9.77. The average Bonchev–Trinajstić information content (AvgIpc) is 2.68. The van der Waals surface area contributed by atoms with E-state index in [1.165, 1.54) is 10.7 Å². The Labute approximate surface area is 157 Å². The molecule has 0 unspecified atom stereocenters. The number of nitrogens with zero attached hydrogens (tertiary/aromatic N) is 2. The minimum Gasteiger partial charge on any atom is -0.339 e. The highest BCUT2D eigenvalue weighted by molar-refractivity contribution is 7.89. The molecule has 1 aliphatic carbocycles. The first kappa shape index (κ1) is 19.4. The van der Waals surface area contributed by atoms with Crippen molar-refractivity contribution in [3.8, 4) is 0 Å². The van der Waals surface area contributed by atoms with Gasteiger partial charge in [0, 0.05) is 31.7 Å². The molecule has 0 bridgehead atoms. The van der Waals surface area contributed by atoms with E-state index in [0.717, 1.165) is 51.6 Å². The van der Waals surface area contributed by atoms with Gasteiger partial charge < -0.3 is 4.90 Å². The Kier molecular flexibility index (Phi) is 6.03. The van der Waals surface area contributed by atoms with E-state index in [-0.39, 0.29) is 16.8 Å². The lowest BCUT2D eigenvalue weighted by atomic mass is 9.96. The summed E-state index contributed by atoms with van der Waals surface area (Å²) in [5.74, 6) is 0.587. The van der Waals surface area contributed by atoms with Gasteiger partial charge in [-0.2, -0.15) is 4.31 Å². The quantitative estimate of drug-likeness (QED) is 0.805. The zero-order chi connectivity index (χ0) is 18.7. The predicted molar refractivity (Wildman–Crippen MR) is 103 cm³/mol. The summed E-state index contributed by atoms with van der Waals surface area (Å²) in [6.45, 7) is 3.70. The van der Waals surface area contributed by atoms with Crippen molar-refractivity contribution in [2.45, 2.75) is 62.8 Å². The first-order chi connectivity index (χ1) is 12.4. The van der Waals surface area contributed by atoms with Crippen molar-refractivity contribution >= 4 is 15.9 Å². The number of rotatable bonds is 4. The molecule has 144 valence electrons. The van der Waals surface area contributed by atoms with E-state index in [9.17, 15) is 13.2 Å². The lowest BCUT2D eigenvalue weighted by Gasteiger charge is -2.31. The second-order valence-corrected chi connectivity index (χ2v) is 9.81. The molecule has 26 heavy (non-hydrogen) atoms. The SMILES string of the molecule is CC1CCN(C(=O)c2cccc(S(=O)(=O)N(C)C3CCCCC3)c2)CC1. The fraction of sp³-hybridized carbons (Fsp3) is 0.650. The van der Waals surface area contributed by atoms with Crippen molar-refractivity contribution in [2.24, 2.45) is 5.92 Å². The van der Waals surface area contributed by atoms with Crippen LogP contribution in [-0.2, 0) is 10.0 Å². The summed E-state index contributed by atoms with van der Waals surface area (Å²) in [5, 5.41) is 0. The van der Waals surface area contributed by atoms with Crippen LogP contribution >= 0.6 is 0 Å². The molecule has 5 nitrogen and oxygen atoms in total. The third-order valence-electron chi connectivity index (χ3n) is 5.92. The number of hydrogen-bond acceptors (Lipinski definition) is 3. The Morgan fingerprint density at radius 2 is 1.73 bits per heavy atom. The number of piperidine rings is 1. The summed E-state index contributed by atoms with van der Waals surface area (Å²) in [5.41, 5.74) is 0.470. The summed E-state index contributed by atoms with van der Waals surface area (Å²) in [6.07, 6.45) is 7.19. The largest absolute Gasteiger partial charge is 0.339 e. The van der Waals surface area contributed by atoms with Crippen LogP contribution in [-0.4, -0.2) is 49.7 Å². The van der Waals surface area contributed by atoms with E-state index < -0.39 is 10.0 Å². The number of sulfonamides is 1. The maximum absolute atomic E-state index is 13.0. The highest BCUT2D eigenvalue weighted by atomic mass is 32.2. The van der Waals surface area contributed by atoms with Crippen LogP contribution in [0.25, 0.3) is 0 Å². The van der Waals surface area contributed by atoms with E-state index >= 15 is 0 Å². The first-order valence-corrected chi connectivity index (χ1v) is 11.2. The van der Waals surface area contributed by atoms with E-state index in [4.69, 9.17) is 0 Å². The molecule has 0 aromatic heterocycles. The summed E-state index contributed by atoms with van der Waals surface area (Å²) >= 11 is 0. The second-order valence-electron chi connectivity index (χ2n) is 7.82. The zero-order valence-corrected chi connectivity index (χ0v) is 16.7. The average molecular weight is 379 g/mol. The van der Waals surface area contributed by atoms with Crippen LogP contribution in [0, 0.1) is 5.92 Å². The van der Waals surface area contributed by atoms with Crippen molar-refractivity contribution in [2.75, 3.05) is 20.1 Å². The lowest BCUT2D eigenvalue weighted by molar-refractivity contribution is 0.0697. The Morgan fingerprint density at radius 1 is 1.08 bits per heavy atom. The number of amides is 1. The minimum absolute atomic E-state index is 0.0609. The molecule has 2 aliphatic rings.